The van der Waals surface area contributed by atoms with Gasteiger partial charge in [-0.05, 0) is 0 Å². The monoisotopic (exact) mass is 311 g/mol. The van der Waals surface area contributed by atoms with E-state index in [9.17, 15) is 4.79 Å². The Labute approximate surface area is 125 Å². The number of ketones is 1. The predicted octanol–water partition coefficient (Wildman–Crippen LogP) is 1.89. The second-order valence-corrected chi connectivity index (χ2v) is 5.52. The Bertz CT molecular complexity index is 589. The number of carbonyl (C=O) groups excluding carboxylic acids is 1. The number of benzene rings is 1. The molecule has 20 heavy (non-hydrogen) atoms. The Hall–Kier alpha value is -1.47. The van der Waals surface area contributed by atoms with Crippen molar-refractivity contribution in [2.75, 3.05) is 18.2 Å². The minimum Gasteiger partial charge on any atom is -0.396 e. The van der Waals surface area contributed by atoms with Crippen LogP contribution in [0.4, 0.5) is 5.13 Å². The summed E-state index contributed by atoms with van der Waals surface area (Å²) in [6.45, 7) is 0.0152. The van der Waals surface area contributed by atoms with Gasteiger partial charge in [-0.3, -0.25) is 9.80 Å². The van der Waals surface area contributed by atoms with Gasteiger partial charge in [-0.25, -0.2) is 10.8 Å². The van der Waals surface area contributed by atoms with Gasteiger partial charge in [0.1, 0.15) is 5.15 Å². The first kappa shape index (κ1) is 14.9. The molecule has 1 heterocycles. The van der Waals surface area contributed by atoms with Crippen molar-refractivity contribution in [2.45, 2.75) is 6.42 Å². The van der Waals surface area contributed by atoms with E-state index in [1.54, 1.807) is 24.3 Å². The van der Waals surface area contributed by atoms with E-state index in [2.05, 4.69) is 4.98 Å². The summed E-state index contributed by atoms with van der Waals surface area (Å²) in [5.74, 6) is 5.76. The number of nitrogens with zero attached hydrogens (tertiary/aromatic N) is 2. The van der Waals surface area contributed by atoms with Crippen LogP contribution in [0.3, 0.4) is 0 Å². The normalized spacial score (nSPS) is 10.6. The molecule has 0 bridgehead atoms. The average Bonchev–Trinajstić information content (AvgIpc) is 2.82. The maximum atomic E-state index is 12.0. The van der Waals surface area contributed by atoms with Crippen molar-refractivity contribution in [2.24, 2.45) is 5.84 Å². The molecule has 5 nitrogen and oxygen atoms in total. The number of aliphatic hydroxyl groups is 1. The van der Waals surface area contributed by atoms with Crippen molar-refractivity contribution < 1.29 is 9.90 Å². The largest absolute Gasteiger partial charge is 0.396 e. The highest BCUT2D eigenvalue weighted by Crippen LogP contribution is 2.28. The minimum atomic E-state index is -0.0943. The van der Waals surface area contributed by atoms with E-state index in [4.69, 9.17) is 22.6 Å². The van der Waals surface area contributed by atoms with E-state index in [0.717, 1.165) is 4.88 Å². The third-order valence-corrected chi connectivity index (χ3v) is 4.21. The number of Topliss-reactive ketones (excluding diaryl/α,β-unsaturated/α-hetero) is 1. The molecule has 0 spiro atoms. The number of hydrogen-bond donors (Lipinski definition) is 2. The van der Waals surface area contributed by atoms with Gasteiger partial charge < -0.3 is 5.11 Å². The van der Waals surface area contributed by atoms with Gasteiger partial charge >= 0.3 is 0 Å². The molecule has 0 amide bonds. The lowest BCUT2D eigenvalue weighted by atomic mass is 10.1. The van der Waals surface area contributed by atoms with Crippen molar-refractivity contribution in [3.63, 3.8) is 0 Å². The Morgan fingerprint density at radius 3 is 2.75 bits per heavy atom. The third-order valence-electron chi connectivity index (χ3n) is 2.63. The lowest BCUT2D eigenvalue weighted by Crippen LogP contribution is -2.36. The quantitative estimate of drug-likeness (QED) is 0.484. The van der Waals surface area contributed by atoms with Crippen LogP contribution in [-0.2, 0) is 6.42 Å². The van der Waals surface area contributed by atoms with Crippen LogP contribution in [0.15, 0.2) is 30.3 Å². The molecule has 1 aromatic heterocycles. The Morgan fingerprint density at radius 2 is 2.10 bits per heavy atom. The summed E-state index contributed by atoms with van der Waals surface area (Å²) in [5.41, 5.74) is 0.598. The molecule has 2 rings (SSSR count). The van der Waals surface area contributed by atoms with Gasteiger partial charge in [-0.2, -0.15) is 0 Å². The van der Waals surface area contributed by atoms with E-state index in [-0.39, 0.29) is 18.9 Å². The highest BCUT2D eigenvalue weighted by atomic mass is 35.5. The number of rotatable bonds is 6. The first-order valence-electron chi connectivity index (χ1n) is 5.98. The van der Waals surface area contributed by atoms with Crippen LogP contribution in [0.5, 0.6) is 0 Å². The zero-order valence-corrected chi connectivity index (χ0v) is 12.2. The van der Waals surface area contributed by atoms with Crippen molar-refractivity contribution in [1.29, 1.82) is 0 Å². The lowest BCUT2D eigenvalue weighted by molar-refractivity contribution is 0.0999. The van der Waals surface area contributed by atoms with E-state index in [1.807, 2.05) is 6.07 Å². The summed E-state index contributed by atoms with van der Waals surface area (Å²) in [4.78, 5) is 16.9. The van der Waals surface area contributed by atoms with E-state index < -0.39 is 0 Å². The van der Waals surface area contributed by atoms with E-state index >= 15 is 0 Å². The van der Waals surface area contributed by atoms with Crippen molar-refractivity contribution in [3.8, 4) is 0 Å². The highest BCUT2D eigenvalue weighted by molar-refractivity contribution is 7.16. The molecule has 0 saturated heterocycles. The molecule has 0 aliphatic heterocycles. The highest BCUT2D eigenvalue weighted by Gasteiger charge is 2.16. The van der Waals surface area contributed by atoms with Crippen LogP contribution in [0.1, 0.15) is 15.2 Å². The number of aliphatic hydroxyl groups excluding tert-OH is 1. The zero-order valence-electron chi connectivity index (χ0n) is 10.6. The summed E-state index contributed by atoms with van der Waals surface area (Å²) in [6.07, 6.45) is 0.428. The number of hydrazine groups is 1. The average molecular weight is 312 g/mol. The lowest BCUT2D eigenvalue weighted by Gasteiger charge is -2.13. The maximum Gasteiger partial charge on any atom is 0.201 e. The number of hydrogen-bond acceptors (Lipinski definition) is 6. The molecule has 3 N–H and O–H groups in total. The molecule has 106 valence electrons. The van der Waals surface area contributed by atoms with Gasteiger partial charge in [0, 0.05) is 23.5 Å². The number of carbonyl (C=O) groups is 1. The van der Waals surface area contributed by atoms with Gasteiger partial charge in [-0.15, -0.1) is 0 Å². The van der Waals surface area contributed by atoms with Gasteiger partial charge in [0.05, 0.1) is 6.54 Å². The smallest absolute Gasteiger partial charge is 0.201 e. The summed E-state index contributed by atoms with van der Waals surface area (Å²) in [7, 11) is 0. The summed E-state index contributed by atoms with van der Waals surface area (Å²) in [6, 6.07) is 8.92. The molecule has 2 aromatic rings. The Kier molecular flexibility index (Phi) is 5.08. The van der Waals surface area contributed by atoms with Crippen LogP contribution in [0, 0.1) is 0 Å². The van der Waals surface area contributed by atoms with Crippen LogP contribution >= 0.6 is 22.9 Å². The van der Waals surface area contributed by atoms with Gasteiger partial charge in [0.2, 0.25) is 5.13 Å². The van der Waals surface area contributed by atoms with Crippen LogP contribution in [-0.4, -0.2) is 29.0 Å². The molecule has 0 fully saturated rings. The molecule has 0 saturated carbocycles. The molecule has 0 radical (unpaired) electrons. The van der Waals surface area contributed by atoms with Crippen LogP contribution in [0.2, 0.25) is 5.15 Å². The molecule has 0 atom stereocenters. The van der Waals surface area contributed by atoms with Crippen LogP contribution in [0.25, 0.3) is 0 Å². The number of thiazole rings is 1. The van der Waals surface area contributed by atoms with Crippen molar-refractivity contribution >= 4 is 33.9 Å². The second kappa shape index (κ2) is 6.81. The first-order valence-corrected chi connectivity index (χ1v) is 7.18. The fourth-order valence-electron chi connectivity index (χ4n) is 1.64. The Morgan fingerprint density at radius 1 is 1.40 bits per heavy atom. The SMILES string of the molecule is NN(CC(=O)c1ccccc1)c1nc(Cl)c(CCO)s1. The molecule has 1 aromatic carbocycles. The summed E-state index contributed by atoms with van der Waals surface area (Å²) < 4.78 is 0. The van der Waals surface area contributed by atoms with E-state index in [1.165, 1.54) is 16.3 Å². The van der Waals surface area contributed by atoms with Gasteiger partial charge in [-0.1, -0.05) is 53.3 Å². The number of aromatic nitrogens is 1. The summed E-state index contributed by atoms with van der Waals surface area (Å²) in [5, 5.41) is 11.0. The number of halogens is 1. The fraction of sp³-hybridized carbons (Fsp3) is 0.231. The van der Waals surface area contributed by atoms with E-state index in [0.29, 0.717) is 22.3 Å². The van der Waals surface area contributed by atoms with Crippen LogP contribution < -0.4 is 10.9 Å². The Balaban J connectivity index is 2.06. The second-order valence-electron chi connectivity index (χ2n) is 4.10. The zero-order chi connectivity index (χ0) is 14.5. The molecule has 0 unspecified atom stereocenters. The fourth-order valence-corrected chi connectivity index (χ4v) is 2.84. The molecule has 7 heteroatoms. The summed E-state index contributed by atoms with van der Waals surface area (Å²) >= 11 is 7.22. The molecular formula is C13H14ClN3O2S. The van der Waals surface area contributed by atoms with Crippen molar-refractivity contribution in [3.05, 3.63) is 45.9 Å². The minimum absolute atomic E-state index is 0.00509. The van der Waals surface area contributed by atoms with Gasteiger partial charge in [0.25, 0.3) is 0 Å². The molecule has 0 aliphatic rings. The molecule has 0 aliphatic carbocycles. The standard InChI is InChI=1S/C13H14ClN3O2S/c14-12-11(6-7-18)20-13(16-12)17(15)8-10(19)9-4-2-1-3-5-9/h1-5,18H,6-8,15H2. The third kappa shape index (κ3) is 3.55. The molecular weight excluding hydrogens is 298 g/mol. The topological polar surface area (TPSA) is 79.5 Å². The van der Waals surface area contributed by atoms with Crippen molar-refractivity contribution in [1.82, 2.24) is 4.98 Å². The van der Waals surface area contributed by atoms with Gasteiger partial charge in [0.15, 0.2) is 5.78 Å². The first-order chi connectivity index (χ1) is 9.61. The number of anilines is 1. The predicted molar refractivity (Wildman–Crippen MR) is 80.2 cm³/mol. The maximum absolute atomic E-state index is 12.0. The number of nitrogens with two attached hydrogens (primary N) is 1.